The Morgan fingerprint density at radius 2 is 1.87 bits per heavy atom. The van der Waals surface area contributed by atoms with Crippen LogP contribution >= 0.6 is 12.4 Å². The summed E-state index contributed by atoms with van der Waals surface area (Å²) in [7, 11) is 0. The monoisotopic (exact) mass is 340 g/mol. The van der Waals surface area contributed by atoms with Crippen molar-refractivity contribution in [2.45, 2.75) is 58.1 Å². The van der Waals surface area contributed by atoms with Crippen LogP contribution in [0.2, 0.25) is 0 Å². The third kappa shape index (κ3) is 5.40. The highest BCUT2D eigenvalue weighted by molar-refractivity contribution is 5.86. The van der Waals surface area contributed by atoms with E-state index in [0.717, 1.165) is 44.5 Å². The van der Waals surface area contributed by atoms with Gasteiger partial charge >= 0.3 is 0 Å². The third-order valence-corrected chi connectivity index (χ3v) is 4.31. The molecule has 0 bridgehead atoms. The van der Waals surface area contributed by atoms with Gasteiger partial charge in [0.1, 0.15) is 11.9 Å². The summed E-state index contributed by atoms with van der Waals surface area (Å²) in [5, 5.41) is 0. The number of nitrogens with zero attached hydrogens (tertiary/aromatic N) is 1. The molecule has 0 saturated carbocycles. The fraction of sp³-hybridized carbons (Fsp3) is 0.611. The van der Waals surface area contributed by atoms with Gasteiger partial charge in [-0.05, 0) is 32.4 Å². The second-order valence-corrected chi connectivity index (χ2v) is 6.59. The predicted molar refractivity (Wildman–Crippen MR) is 96.2 cm³/mol. The van der Waals surface area contributed by atoms with Crippen molar-refractivity contribution in [1.82, 2.24) is 4.90 Å². The van der Waals surface area contributed by atoms with E-state index >= 15 is 0 Å². The van der Waals surface area contributed by atoms with Crippen molar-refractivity contribution in [2.75, 3.05) is 13.1 Å². The number of piperidine rings is 1. The van der Waals surface area contributed by atoms with Gasteiger partial charge in [-0.15, -0.1) is 12.4 Å². The molecule has 23 heavy (non-hydrogen) atoms. The van der Waals surface area contributed by atoms with E-state index in [1.54, 1.807) is 0 Å². The van der Waals surface area contributed by atoms with Gasteiger partial charge in [-0.1, -0.05) is 31.0 Å². The molecular formula is C18H29ClN2O2. The highest BCUT2D eigenvalue weighted by Crippen LogP contribution is 2.22. The first-order valence-electron chi connectivity index (χ1n) is 8.24. The normalized spacial score (nSPS) is 18.0. The van der Waals surface area contributed by atoms with E-state index in [9.17, 15) is 4.79 Å². The molecule has 4 nitrogen and oxygen atoms in total. The van der Waals surface area contributed by atoms with Crippen molar-refractivity contribution in [2.24, 2.45) is 5.73 Å². The maximum absolute atomic E-state index is 12.5. The highest BCUT2D eigenvalue weighted by atomic mass is 35.5. The van der Waals surface area contributed by atoms with Gasteiger partial charge in [-0.2, -0.15) is 0 Å². The Balaban J connectivity index is 0.00000264. The molecule has 1 aromatic carbocycles. The Labute approximate surface area is 145 Å². The SMILES string of the molecule is CCCC(C)(N)C(=O)N1CCC(Oc2ccc(C)cc2)CC1.Cl. The van der Waals surface area contributed by atoms with E-state index in [4.69, 9.17) is 10.5 Å². The van der Waals surface area contributed by atoms with Crippen LogP contribution in [-0.2, 0) is 4.79 Å². The molecule has 0 radical (unpaired) electrons. The lowest BCUT2D eigenvalue weighted by Gasteiger charge is -2.36. The molecule has 0 aromatic heterocycles. The second kappa shape index (κ2) is 8.55. The van der Waals surface area contributed by atoms with E-state index in [-0.39, 0.29) is 24.4 Å². The molecule has 1 fully saturated rings. The minimum Gasteiger partial charge on any atom is -0.490 e. The maximum atomic E-state index is 12.5. The van der Waals surface area contributed by atoms with Crippen LogP contribution in [-0.4, -0.2) is 35.5 Å². The Kier molecular flexibility index (Phi) is 7.36. The first-order chi connectivity index (χ1) is 10.4. The van der Waals surface area contributed by atoms with Crippen LogP contribution in [0.4, 0.5) is 0 Å². The van der Waals surface area contributed by atoms with Crippen LogP contribution in [0.3, 0.4) is 0 Å². The Hall–Kier alpha value is -1.26. The number of ether oxygens (including phenoxy) is 1. The summed E-state index contributed by atoms with van der Waals surface area (Å²) in [4.78, 5) is 14.4. The van der Waals surface area contributed by atoms with Gasteiger partial charge in [0.05, 0.1) is 5.54 Å². The zero-order valence-electron chi connectivity index (χ0n) is 14.4. The van der Waals surface area contributed by atoms with Gasteiger partial charge in [-0.25, -0.2) is 0 Å². The van der Waals surface area contributed by atoms with E-state index in [2.05, 4.69) is 26.0 Å². The van der Waals surface area contributed by atoms with Crippen LogP contribution in [0.15, 0.2) is 24.3 Å². The number of carbonyl (C=O) groups is 1. The lowest BCUT2D eigenvalue weighted by Crippen LogP contribution is -2.55. The minimum absolute atomic E-state index is 0. The van der Waals surface area contributed by atoms with Crippen LogP contribution in [0.1, 0.15) is 45.1 Å². The van der Waals surface area contributed by atoms with Crippen molar-refractivity contribution in [3.63, 3.8) is 0 Å². The molecule has 2 rings (SSSR count). The summed E-state index contributed by atoms with van der Waals surface area (Å²) >= 11 is 0. The fourth-order valence-corrected chi connectivity index (χ4v) is 2.97. The van der Waals surface area contributed by atoms with Gasteiger partial charge < -0.3 is 15.4 Å². The fourth-order valence-electron chi connectivity index (χ4n) is 2.97. The molecule has 0 aliphatic carbocycles. The standard InChI is InChI=1S/C18H28N2O2.ClH/c1-4-11-18(3,19)17(21)20-12-9-16(10-13-20)22-15-7-5-14(2)6-8-15;/h5-8,16H,4,9-13,19H2,1-3H3;1H. The predicted octanol–water partition coefficient (Wildman–Crippen LogP) is 3.30. The summed E-state index contributed by atoms with van der Waals surface area (Å²) in [5.41, 5.74) is 6.64. The molecule has 0 spiro atoms. The Morgan fingerprint density at radius 1 is 1.30 bits per heavy atom. The lowest BCUT2D eigenvalue weighted by atomic mass is 9.94. The van der Waals surface area contributed by atoms with Gasteiger partial charge in [0.2, 0.25) is 5.91 Å². The molecule has 1 heterocycles. The number of hydrogen-bond donors (Lipinski definition) is 1. The first kappa shape index (κ1) is 19.8. The molecule has 1 aliphatic heterocycles. The average Bonchev–Trinajstić information content (AvgIpc) is 2.49. The summed E-state index contributed by atoms with van der Waals surface area (Å²) in [6.07, 6.45) is 3.56. The van der Waals surface area contributed by atoms with Gasteiger partial charge in [-0.3, -0.25) is 4.79 Å². The summed E-state index contributed by atoms with van der Waals surface area (Å²) in [6, 6.07) is 8.12. The second-order valence-electron chi connectivity index (χ2n) is 6.59. The number of rotatable bonds is 5. The summed E-state index contributed by atoms with van der Waals surface area (Å²) in [5.74, 6) is 0.980. The van der Waals surface area contributed by atoms with Crippen molar-refractivity contribution in [3.05, 3.63) is 29.8 Å². The first-order valence-corrected chi connectivity index (χ1v) is 8.24. The Bertz CT molecular complexity index is 494. The average molecular weight is 341 g/mol. The number of hydrogen-bond acceptors (Lipinski definition) is 3. The van der Waals surface area contributed by atoms with Crippen LogP contribution in [0, 0.1) is 6.92 Å². The Morgan fingerprint density at radius 3 is 2.39 bits per heavy atom. The number of halogens is 1. The topological polar surface area (TPSA) is 55.6 Å². The van der Waals surface area contributed by atoms with Gasteiger partial charge in [0.25, 0.3) is 0 Å². The molecule has 1 aliphatic rings. The third-order valence-electron chi connectivity index (χ3n) is 4.31. The summed E-state index contributed by atoms with van der Waals surface area (Å²) in [6.45, 7) is 7.42. The van der Waals surface area contributed by atoms with E-state index < -0.39 is 5.54 Å². The lowest BCUT2D eigenvalue weighted by molar-refractivity contribution is -0.138. The molecule has 5 heteroatoms. The van der Waals surface area contributed by atoms with Crippen LogP contribution < -0.4 is 10.5 Å². The maximum Gasteiger partial charge on any atom is 0.242 e. The molecule has 1 saturated heterocycles. The van der Waals surface area contributed by atoms with Crippen molar-refractivity contribution in [1.29, 1.82) is 0 Å². The molecule has 130 valence electrons. The number of aryl methyl sites for hydroxylation is 1. The highest BCUT2D eigenvalue weighted by Gasteiger charge is 2.34. The van der Waals surface area contributed by atoms with Crippen molar-refractivity contribution >= 4 is 18.3 Å². The van der Waals surface area contributed by atoms with Gasteiger partial charge in [0.15, 0.2) is 0 Å². The number of nitrogens with two attached hydrogens (primary N) is 1. The zero-order chi connectivity index (χ0) is 16.2. The van der Waals surface area contributed by atoms with Crippen LogP contribution in [0.25, 0.3) is 0 Å². The quantitative estimate of drug-likeness (QED) is 0.894. The van der Waals surface area contributed by atoms with E-state index in [1.807, 2.05) is 24.0 Å². The smallest absolute Gasteiger partial charge is 0.242 e. The van der Waals surface area contributed by atoms with Gasteiger partial charge in [0, 0.05) is 25.9 Å². The van der Waals surface area contributed by atoms with Crippen LogP contribution in [0.5, 0.6) is 5.75 Å². The largest absolute Gasteiger partial charge is 0.490 e. The summed E-state index contributed by atoms with van der Waals surface area (Å²) < 4.78 is 6.00. The zero-order valence-corrected chi connectivity index (χ0v) is 15.2. The van der Waals surface area contributed by atoms with E-state index in [1.165, 1.54) is 5.56 Å². The number of amides is 1. The number of carbonyl (C=O) groups excluding carboxylic acids is 1. The molecule has 2 N–H and O–H groups in total. The molecule has 1 atom stereocenters. The number of benzene rings is 1. The molecule has 1 aromatic rings. The van der Waals surface area contributed by atoms with E-state index in [0.29, 0.717) is 0 Å². The minimum atomic E-state index is -0.737. The molecule has 1 unspecified atom stereocenters. The van der Waals surface area contributed by atoms with Crippen molar-refractivity contribution in [3.8, 4) is 5.75 Å². The van der Waals surface area contributed by atoms with Crippen molar-refractivity contribution < 1.29 is 9.53 Å². The number of likely N-dealkylation sites (tertiary alicyclic amines) is 1. The molecular weight excluding hydrogens is 312 g/mol. The molecule has 1 amide bonds.